The van der Waals surface area contributed by atoms with Crippen LogP contribution in [0.3, 0.4) is 0 Å². The molecule has 0 aliphatic carbocycles. The number of rotatable bonds is 5. The highest BCUT2D eigenvalue weighted by Gasteiger charge is 2.19. The monoisotopic (exact) mass is 339 g/mol. The molecule has 3 amide bonds. The number of fused-ring (bicyclic) bond motifs is 1. The lowest BCUT2D eigenvalue weighted by Crippen LogP contribution is -2.42. The number of primary amides is 1. The van der Waals surface area contributed by atoms with Gasteiger partial charge in [-0.15, -0.1) is 11.3 Å². The number of esters is 1. The Labute approximate surface area is 134 Å². The van der Waals surface area contributed by atoms with E-state index in [1.807, 2.05) is 29.6 Å². The number of carbonyl (C=O) groups is 3. The fourth-order valence-electron chi connectivity index (χ4n) is 1.54. The van der Waals surface area contributed by atoms with Gasteiger partial charge >= 0.3 is 12.0 Å². The molecule has 0 fully saturated rings. The fraction of sp³-hybridized carbons (Fsp3) is 0.231. The molecule has 0 unspecified atom stereocenters. The van der Waals surface area contributed by atoms with Crippen LogP contribution in [0.4, 0.5) is 4.79 Å². The zero-order chi connectivity index (χ0) is 16.1. The highest BCUT2D eigenvalue weighted by molar-refractivity contribution is 8.01. The molecule has 116 valence electrons. The molecule has 22 heavy (non-hydrogen) atoms. The van der Waals surface area contributed by atoms with Gasteiger partial charge in [0.2, 0.25) is 0 Å². The molecule has 7 nitrogen and oxygen atoms in total. The highest BCUT2D eigenvalue weighted by atomic mass is 32.2. The first kappa shape index (κ1) is 16.2. The lowest BCUT2D eigenvalue weighted by Gasteiger charge is -2.11. The van der Waals surface area contributed by atoms with Crippen molar-refractivity contribution in [3.05, 3.63) is 24.3 Å². The topological polar surface area (TPSA) is 111 Å². The Kier molecular flexibility index (Phi) is 5.34. The minimum atomic E-state index is -1.09. The van der Waals surface area contributed by atoms with Crippen molar-refractivity contribution >= 4 is 51.2 Å². The third-order valence-corrected chi connectivity index (χ3v) is 4.66. The number of benzene rings is 1. The van der Waals surface area contributed by atoms with Crippen LogP contribution in [0.5, 0.6) is 0 Å². The van der Waals surface area contributed by atoms with Crippen molar-refractivity contribution in [2.24, 2.45) is 5.73 Å². The lowest BCUT2D eigenvalue weighted by molar-refractivity contribution is -0.151. The van der Waals surface area contributed by atoms with Crippen LogP contribution in [0.2, 0.25) is 0 Å². The number of nitrogens with two attached hydrogens (primary N) is 1. The van der Waals surface area contributed by atoms with E-state index in [1.54, 1.807) is 0 Å². The van der Waals surface area contributed by atoms with Crippen LogP contribution in [-0.2, 0) is 14.3 Å². The second-order valence-corrected chi connectivity index (χ2v) is 6.47. The summed E-state index contributed by atoms with van der Waals surface area (Å²) in [7, 11) is 0. The van der Waals surface area contributed by atoms with Crippen molar-refractivity contribution in [3.63, 3.8) is 0 Å². The van der Waals surface area contributed by atoms with Crippen LogP contribution in [0.15, 0.2) is 28.6 Å². The van der Waals surface area contributed by atoms with Gasteiger partial charge in [0, 0.05) is 0 Å². The molecule has 0 bridgehead atoms. The second-order valence-electron chi connectivity index (χ2n) is 4.22. The maximum absolute atomic E-state index is 11.7. The van der Waals surface area contributed by atoms with Gasteiger partial charge in [-0.2, -0.15) is 0 Å². The highest BCUT2D eigenvalue weighted by Crippen LogP contribution is 2.29. The molecular formula is C13H13N3O4S2. The van der Waals surface area contributed by atoms with Crippen LogP contribution >= 0.6 is 23.1 Å². The van der Waals surface area contributed by atoms with Crippen LogP contribution < -0.4 is 11.1 Å². The molecule has 1 atom stereocenters. The molecule has 1 aromatic heterocycles. The summed E-state index contributed by atoms with van der Waals surface area (Å²) in [6.45, 7) is 1.36. The zero-order valence-corrected chi connectivity index (χ0v) is 13.2. The minimum Gasteiger partial charge on any atom is -0.452 e. The van der Waals surface area contributed by atoms with Gasteiger partial charge in [0.25, 0.3) is 5.91 Å². The molecule has 1 aromatic carbocycles. The van der Waals surface area contributed by atoms with Gasteiger partial charge in [0.1, 0.15) is 0 Å². The number of thiazole rings is 1. The SMILES string of the molecule is C[C@H](OC(=O)CSc1nc2ccccc2s1)C(=O)NC(N)=O. The Morgan fingerprint density at radius 3 is 2.82 bits per heavy atom. The summed E-state index contributed by atoms with van der Waals surface area (Å²) < 4.78 is 6.68. The Hall–Kier alpha value is -2.13. The Balaban J connectivity index is 1.84. The zero-order valence-electron chi connectivity index (χ0n) is 11.6. The maximum atomic E-state index is 11.7. The van der Waals surface area contributed by atoms with Gasteiger partial charge in [0.15, 0.2) is 10.4 Å². The van der Waals surface area contributed by atoms with E-state index in [0.717, 1.165) is 14.6 Å². The molecule has 0 aliphatic rings. The number of para-hydroxylation sites is 1. The largest absolute Gasteiger partial charge is 0.452 e. The number of nitrogens with one attached hydrogen (secondary N) is 1. The van der Waals surface area contributed by atoms with E-state index in [9.17, 15) is 14.4 Å². The third-order valence-electron chi connectivity index (χ3n) is 2.51. The number of imide groups is 1. The number of nitrogens with zero attached hydrogens (tertiary/aromatic N) is 1. The number of hydrogen-bond acceptors (Lipinski definition) is 7. The van der Waals surface area contributed by atoms with E-state index in [0.29, 0.717) is 0 Å². The molecule has 1 heterocycles. The number of hydrogen-bond donors (Lipinski definition) is 2. The number of ether oxygens (including phenoxy) is 1. The third kappa shape index (κ3) is 4.43. The summed E-state index contributed by atoms with van der Waals surface area (Å²) in [6.07, 6.45) is -1.09. The fourth-order valence-corrected chi connectivity index (χ4v) is 3.39. The molecule has 2 aromatic rings. The Morgan fingerprint density at radius 2 is 2.14 bits per heavy atom. The van der Waals surface area contributed by atoms with E-state index in [-0.39, 0.29) is 5.75 Å². The van der Waals surface area contributed by atoms with Crippen LogP contribution in [-0.4, -0.2) is 34.7 Å². The van der Waals surface area contributed by atoms with E-state index >= 15 is 0 Å². The van der Waals surface area contributed by atoms with Crippen molar-refractivity contribution in [2.75, 3.05) is 5.75 Å². The number of urea groups is 1. The number of carbonyl (C=O) groups excluding carboxylic acids is 3. The normalized spacial score (nSPS) is 11.9. The van der Waals surface area contributed by atoms with Crippen molar-refractivity contribution in [1.82, 2.24) is 10.3 Å². The number of amides is 3. The first-order valence-corrected chi connectivity index (χ1v) is 8.04. The standard InChI is InChI=1S/C13H13N3O4S2/c1-7(11(18)16-12(14)19)20-10(17)6-21-13-15-8-4-2-3-5-9(8)22-13/h2-5,7H,6H2,1H3,(H3,14,16,18,19)/t7-/m0/s1. The molecule has 2 rings (SSSR count). The minimum absolute atomic E-state index is 0.0218. The molecular weight excluding hydrogens is 326 g/mol. The first-order chi connectivity index (χ1) is 10.5. The summed E-state index contributed by atoms with van der Waals surface area (Å²) >= 11 is 2.71. The van der Waals surface area contributed by atoms with E-state index in [4.69, 9.17) is 10.5 Å². The molecule has 9 heteroatoms. The van der Waals surface area contributed by atoms with Crippen molar-refractivity contribution in [2.45, 2.75) is 17.4 Å². The van der Waals surface area contributed by atoms with Crippen molar-refractivity contribution < 1.29 is 19.1 Å². The van der Waals surface area contributed by atoms with Crippen molar-refractivity contribution in [3.8, 4) is 0 Å². The molecule has 3 N–H and O–H groups in total. The van der Waals surface area contributed by atoms with Gasteiger partial charge in [-0.25, -0.2) is 9.78 Å². The van der Waals surface area contributed by atoms with Gasteiger partial charge in [-0.05, 0) is 19.1 Å². The summed E-state index contributed by atoms with van der Waals surface area (Å²) in [4.78, 5) is 38.0. The second kappa shape index (κ2) is 7.23. The van der Waals surface area contributed by atoms with Gasteiger partial charge in [0.05, 0.1) is 16.0 Å². The molecule has 0 saturated carbocycles. The molecule has 0 aliphatic heterocycles. The number of thioether (sulfide) groups is 1. The van der Waals surface area contributed by atoms with Gasteiger partial charge in [-0.3, -0.25) is 14.9 Å². The Bertz CT molecular complexity index is 683. The maximum Gasteiger partial charge on any atom is 0.318 e. The summed E-state index contributed by atoms with van der Waals surface area (Å²) in [5, 5.41) is 1.85. The lowest BCUT2D eigenvalue weighted by atomic mass is 10.3. The average molecular weight is 339 g/mol. The summed E-state index contributed by atoms with van der Waals surface area (Å²) in [6, 6.07) is 6.67. The molecule has 0 spiro atoms. The Morgan fingerprint density at radius 1 is 1.41 bits per heavy atom. The van der Waals surface area contributed by atoms with E-state index in [1.165, 1.54) is 30.0 Å². The van der Waals surface area contributed by atoms with Crippen LogP contribution in [0.25, 0.3) is 10.2 Å². The van der Waals surface area contributed by atoms with Crippen LogP contribution in [0, 0.1) is 0 Å². The average Bonchev–Trinajstić information content (AvgIpc) is 2.87. The van der Waals surface area contributed by atoms with Crippen LogP contribution in [0.1, 0.15) is 6.92 Å². The quantitative estimate of drug-likeness (QED) is 0.631. The van der Waals surface area contributed by atoms with Gasteiger partial charge in [-0.1, -0.05) is 23.9 Å². The van der Waals surface area contributed by atoms with E-state index < -0.39 is 24.0 Å². The predicted molar refractivity (Wildman–Crippen MR) is 83.6 cm³/mol. The molecule has 0 radical (unpaired) electrons. The summed E-state index contributed by atoms with van der Waals surface area (Å²) in [5.74, 6) is -1.31. The smallest absolute Gasteiger partial charge is 0.318 e. The molecule has 0 saturated heterocycles. The number of aromatic nitrogens is 1. The predicted octanol–water partition coefficient (Wildman–Crippen LogP) is 1.51. The van der Waals surface area contributed by atoms with Crippen molar-refractivity contribution in [1.29, 1.82) is 0 Å². The van der Waals surface area contributed by atoms with E-state index in [2.05, 4.69) is 4.98 Å². The van der Waals surface area contributed by atoms with Gasteiger partial charge < -0.3 is 10.5 Å². The summed E-state index contributed by atoms with van der Waals surface area (Å²) in [5.41, 5.74) is 5.68. The first-order valence-electron chi connectivity index (χ1n) is 6.24.